The summed E-state index contributed by atoms with van der Waals surface area (Å²) in [6.07, 6.45) is 10.5. The highest BCUT2D eigenvalue weighted by molar-refractivity contribution is 4.87. The SMILES string of the molecule is CC(C)(C)CCCC1(OC(C)(C)C)CCCCC1. The van der Waals surface area contributed by atoms with Crippen molar-refractivity contribution in [2.24, 2.45) is 5.41 Å². The second-order valence-electron chi connectivity index (χ2n) is 8.37. The topological polar surface area (TPSA) is 9.23 Å². The fourth-order valence-corrected chi connectivity index (χ4v) is 3.19. The van der Waals surface area contributed by atoms with Crippen LogP contribution in [0.15, 0.2) is 0 Å². The van der Waals surface area contributed by atoms with Crippen molar-refractivity contribution >= 4 is 0 Å². The van der Waals surface area contributed by atoms with Crippen LogP contribution in [0.5, 0.6) is 0 Å². The molecule has 0 aliphatic heterocycles. The van der Waals surface area contributed by atoms with Crippen LogP contribution in [-0.4, -0.2) is 11.2 Å². The van der Waals surface area contributed by atoms with Gasteiger partial charge >= 0.3 is 0 Å². The van der Waals surface area contributed by atoms with E-state index < -0.39 is 0 Å². The normalized spacial score (nSPS) is 21.0. The van der Waals surface area contributed by atoms with Gasteiger partial charge in [-0.25, -0.2) is 0 Å². The third-order valence-corrected chi connectivity index (χ3v) is 3.85. The van der Waals surface area contributed by atoms with Gasteiger partial charge in [0.25, 0.3) is 0 Å². The van der Waals surface area contributed by atoms with Crippen molar-refractivity contribution in [1.29, 1.82) is 0 Å². The maximum atomic E-state index is 6.48. The maximum absolute atomic E-state index is 6.48. The molecule has 0 N–H and O–H groups in total. The molecular weight excluding hydrogens is 220 g/mol. The Labute approximate surface area is 115 Å². The lowest BCUT2D eigenvalue weighted by Gasteiger charge is -2.43. The summed E-state index contributed by atoms with van der Waals surface area (Å²) in [5.74, 6) is 0. The van der Waals surface area contributed by atoms with E-state index in [0.29, 0.717) is 5.41 Å². The van der Waals surface area contributed by atoms with Gasteiger partial charge in [-0.3, -0.25) is 0 Å². The van der Waals surface area contributed by atoms with Crippen molar-refractivity contribution in [1.82, 2.24) is 0 Å². The lowest BCUT2D eigenvalue weighted by atomic mass is 9.78. The van der Waals surface area contributed by atoms with Crippen molar-refractivity contribution in [2.45, 2.75) is 104 Å². The van der Waals surface area contributed by atoms with Crippen LogP contribution in [-0.2, 0) is 4.74 Å². The van der Waals surface area contributed by atoms with Gasteiger partial charge in [-0.1, -0.05) is 46.5 Å². The first-order valence-electron chi connectivity index (χ1n) is 7.82. The molecule has 0 heterocycles. The molecule has 0 aromatic carbocycles. The zero-order valence-corrected chi connectivity index (χ0v) is 13.6. The quantitative estimate of drug-likeness (QED) is 0.623. The Morgan fingerprint density at radius 3 is 1.89 bits per heavy atom. The van der Waals surface area contributed by atoms with Gasteiger partial charge in [0.15, 0.2) is 0 Å². The Bertz CT molecular complexity index is 235. The van der Waals surface area contributed by atoms with E-state index in [9.17, 15) is 0 Å². The van der Waals surface area contributed by atoms with E-state index in [1.165, 1.54) is 51.4 Å². The molecule has 1 nitrogen and oxygen atoms in total. The first-order chi connectivity index (χ1) is 8.12. The molecule has 0 radical (unpaired) electrons. The molecule has 18 heavy (non-hydrogen) atoms. The van der Waals surface area contributed by atoms with Crippen LogP contribution in [0.2, 0.25) is 0 Å². The monoisotopic (exact) mass is 254 g/mol. The Morgan fingerprint density at radius 1 is 0.889 bits per heavy atom. The molecule has 1 fully saturated rings. The molecule has 0 atom stereocenters. The molecule has 1 aliphatic carbocycles. The van der Waals surface area contributed by atoms with Gasteiger partial charge in [0.2, 0.25) is 0 Å². The minimum absolute atomic E-state index is 0.000920. The molecular formula is C17H34O. The molecule has 0 spiro atoms. The van der Waals surface area contributed by atoms with Gasteiger partial charge in [0.1, 0.15) is 0 Å². The Balaban J connectivity index is 2.55. The summed E-state index contributed by atoms with van der Waals surface area (Å²) in [7, 11) is 0. The van der Waals surface area contributed by atoms with Crippen LogP contribution >= 0.6 is 0 Å². The summed E-state index contributed by atoms with van der Waals surface area (Å²) in [6.45, 7) is 13.6. The zero-order valence-electron chi connectivity index (χ0n) is 13.6. The van der Waals surface area contributed by atoms with Crippen LogP contribution in [0.25, 0.3) is 0 Å². The smallest absolute Gasteiger partial charge is 0.0689 e. The van der Waals surface area contributed by atoms with Gasteiger partial charge in [-0.05, 0) is 51.9 Å². The molecule has 1 saturated carbocycles. The van der Waals surface area contributed by atoms with Crippen LogP contribution in [0.1, 0.15) is 92.9 Å². The van der Waals surface area contributed by atoms with E-state index in [-0.39, 0.29) is 11.2 Å². The van der Waals surface area contributed by atoms with Gasteiger partial charge in [0.05, 0.1) is 11.2 Å². The lowest BCUT2D eigenvalue weighted by molar-refractivity contribution is -0.153. The Kier molecular flexibility index (Phi) is 5.29. The second-order valence-corrected chi connectivity index (χ2v) is 8.37. The standard InChI is InChI=1S/C17H34O/c1-15(2,3)11-10-14-17(18-16(4,5)6)12-8-7-9-13-17/h7-14H2,1-6H3. The van der Waals surface area contributed by atoms with E-state index in [1.807, 2.05) is 0 Å². The Morgan fingerprint density at radius 2 is 1.44 bits per heavy atom. The highest BCUT2D eigenvalue weighted by atomic mass is 16.5. The van der Waals surface area contributed by atoms with Gasteiger partial charge in [-0.2, -0.15) is 0 Å². The summed E-state index contributed by atoms with van der Waals surface area (Å²) in [4.78, 5) is 0. The van der Waals surface area contributed by atoms with E-state index in [4.69, 9.17) is 4.74 Å². The minimum atomic E-state index is -0.000920. The number of rotatable bonds is 4. The molecule has 0 saturated heterocycles. The Hall–Kier alpha value is -0.0400. The lowest BCUT2D eigenvalue weighted by Crippen LogP contribution is -2.41. The molecule has 108 valence electrons. The van der Waals surface area contributed by atoms with E-state index in [1.54, 1.807) is 0 Å². The second kappa shape index (κ2) is 5.94. The maximum Gasteiger partial charge on any atom is 0.0689 e. The van der Waals surface area contributed by atoms with Crippen LogP contribution in [0.4, 0.5) is 0 Å². The molecule has 1 heteroatoms. The van der Waals surface area contributed by atoms with Crippen LogP contribution in [0.3, 0.4) is 0 Å². The first-order valence-corrected chi connectivity index (χ1v) is 7.82. The van der Waals surface area contributed by atoms with Gasteiger partial charge in [0, 0.05) is 0 Å². The van der Waals surface area contributed by atoms with Crippen molar-refractivity contribution in [2.75, 3.05) is 0 Å². The average Bonchev–Trinajstić information content (AvgIpc) is 2.13. The fraction of sp³-hybridized carbons (Fsp3) is 1.00. The van der Waals surface area contributed by atoms with Crippen LogP contribution < -0.4 is 0 Å². The number of ether oxygens (including phenoxy) is 1. The molecule has 0 aromatic heterocycles. The van der Waals surface area contributed by atoms with Crippen molar-refractivity contribution in [3.8, 4) is 0 Å². The van der Waals surface area contributed by atoms with Crippen molar-refractivity contribution < 1.29 is 4.74 Å². The molecule has 1 aliphatic rings. The average molecular weight is 254 g/mol. The van der Waals surface area contributed by atoms with Gasteiger partial charge in [-0.15, -0.1) is 0 Å². The van der Waals surface area contributed by atoms with Crippen molar-refractivity contribution in [3.05, 3.63) is 0 Å². The van der Waals surface area contributed by atoms with E-state index >= 15 is 0 Å². The highest BCUT2D eigenvalue weighted by Gasteiger charge is 2.36. The summed E-state index contributed by atoms with van der Waals surface area (Å²) >= 11 is 0. The number of hydrogen-bond donors (Lipinski definition) is 0. The largest absolute Gasteiger partial charge is 0.369 e. The summed E-state index contributed by atoms with van der Waals surface area (Å²) in [5, 5.41) is 0. The molecule has 0 amide bonds. The van der Waals surface area contributed by atoms with E-state index in [0.717, 1.165) is 0 Å². The predicted octanol–water partition coefficient (Wildman–Crippen LogP) is 5.72. The van der Waals surface area contributed by atoms with Gasteiger partial charge < -0.3 is 4.74 Å². The minimum Gasteiger partial charge on any atom is -0.369 e. The summed E-state index contributed by atoms with van der Waals surface area (Å²) in [6, 6.07) is 0. The number of hydrogen-bond acceptors (Lipinski definition) is 1. The van der Waals surface area contributed by atoms with Crippen molar-refractivity contribution in [3.63, 3.8) is 0 Å². The third-order valence-electron chi connectivity index (χ3n) is 3.85. The van der Waals surface area contributed by atoms with Crippen LogP contribution in [0, 0.1) is 5.41 Å². The molecule has 0 bridgehead atoms. The van der Waals surface area contributed by atoms with E-state index in [2.05, 4.69) is 41.5 Å². The molecule has 0 unspecified atom stereocenters. The predicted molar refractivity (Wildman–Crippen MR) is 80.0 cm³/mol. The highest BCUT2D eigenvalue weighted by Crippen LogP contribution is 2.39. The first kappa shape index (κ1) is 16.0. The molecule has 0 aromatic rings. The summed E-state index contributed by atoms with van der Waals surface area (Å²) < 4.78 is 6.48. The zero-order chi connectivity index (χ0) is 13.9. The summed E-state index contributed by atoms with van der Waals surface area (Å²) in [5.41, 5.74) is 0.637. The third kappa shape index (κ3) is 6.22. The molecule has 1 rings (SSSR count). The fourth-order valence-electron chi connectivity index (χ4n) is 3.19.